The summed E-state index contributed by atoms with van der Waals surface area (Å²) in [6, 6.07) is 3.37. The van der Waals surface area contributed by atoms with Gasteiger partial charge >= 0.3 is 5.97 Å². The van der Waals surface area contributed by atoms with E-state index in [2.05, 4.69) is 27.4 Å². The molecule has 0 aromatic heterocycles. The Balaban J connectivity index is 5.06. The van der Waals surface area contributed by atoms with Gasteiger partial charge < -0.3 is 9.16 Å². The Hall–Kier alpha value is -1.10. The van der Waals surface area contributed by atoms with Crippen molar-refractivity contribution in [3.63, 3.8) is 0 Å². The van der Waals surface area contributed by atoms with Crippen LogP contribution in [0.4, 0.5) is 0 Å². The van der Waals surface area contributed by atoms with E-state index in [9.17, 15) is 9.59 Å². The van der Waals surface area contributed by atoms with E-state index in [1.807, 2.05) is 0 Å². The van der Waals surface area contributed by atoms with Gasteiger partial charge in [0.1, 0.15) is 0 Å². The lowest BCUT2D eigenvalue weighted by atomic mass is 10.1. The van der Waals surface area contributed by atoms with E-state index < -0.39 is 8.32 Å². The number of rotatable bonds is 27. The van der Waals surface area contributed by atoms with E-state index in [4.69, 9.17) is 9.16 Å². The molecule has 0 amide bonds. The highest BCUT2D eigenvalue weighted by Gasteiger charge is 2.37. The quantitative estimate of drug-likeness (QED) is 0.0451. The molecule has 0 aromatic rings. The molecule has 0 atom stereocenters. The Kier molecular flexibility index (Phi) is 24.4. The summed E-state index contributed by atoms with van der Waals surface area (Å²) < 4.78 is 11.7. The highest BCUT2D eigenvalue weighted by molar-refractivity contribution is 6.75. The summed E-state index contributed by atoms with van der Waals surface area (Å²) in [5.41, 5.74) is 0.394. The summed E-state index contributed by atoms with van der Waals surface area (Å²) in [6.07, 6.45) is 23.9. The first kappa shape index (κ1) is 35.9. The molecule has 218 valence electrons. The number of carbonyl (C=O) groups excluding carboxylic acids is 2. The first-order chi connectivity index (χ1) is 17.9. The molecule has 0 radical (unpaired) electrons. The van der Waals surface area contributed by atoms with Crippen molar-refractivity contribution in [1.29, 1.82) is 0 Å². The van der Waals surface area contributed by atoms with E-state index in [1.165, 1.54) is 116 Å². The zero-order valence-electron chi connectivity index (χ0n) is 25.3. The summed E-state index contributed by atoms with van der Waals surface area (Å²) >= 11 is 0. The first-order valence-electron chi connectivity index (χ1n) is 15.9. The van der Waals surface area contributed by atoms with Crippen LogP contribution in [-0.2, 0) is 18.8 Å². The molecule has 0 bridgehead atoms. The molecule has 0 heterocycles. The lowest BCUT2D eigenvalue weighted by molar-refractivity contribution is -0.141. The van der Waals surface area contributed by atoms with E-state index in [1.54, 1.807) is 6.92 Å². The Morgan fingerprint density at radius 1 is 0.595 bits per heavy atom. The molecule has 37 heavy (non-hydrogen) atoms. The highest BCUT2D eigenvalue weighted by atomic mass is 28.4. The van der Waals surface area contributed by atoms with Crippen LogP contribution in [0.3, 0.4) is 0 Å². The number of esters is 1. The van der Waals surface area contributed by atoms with Gasteiger partial charge in [0, 0.05) is 12.0 Å². The predicted molar refractivity (Wildman–Crippen MR) is 161 cm³/mol. The van der Waals surface area contributed by atoms with Crippen molar-refractivity contribution in [2.24, 2.45) is 0 Å². The summed E-state index contributed by atoms with van der Waals surface area (Å²) in [4.78, 5) is 24.6. The van der Waals surface area contributed by atoms with Crippen LogP contribution in [0.5, 0.6) is 0 Å². The molecule has 0 rings (SSSR count). The molecule has 0 saturated heterocycles. The van der Waals surface area contributed by atoms with Gasteiger partial charge in [-0.15, -0.1) is 0 Å². The van der Waals surface area contributed by atoms with Crippen molar-refractivity contribution in [2.45, 2.75) is 174 Å². The van der Waals surface area contributed by atoms with Gasteiger partial charge in [-0.2, -0.15) is 0 Å². The third-order valence-corrected chi connectivity index (χ3v) is 11.9. The molecule has 0 aromatic carbocycles. The van der Waals surface area contributed by atoms with Crippen molar-refractivity contribution in [1.82, 2.24) is 0 Å². The van der Waals surface area contributed by atoms with Crippen molar-refractivity contribution >= 4 is 20.3 Å². The van der Waals surface area contributed by atoms with Crippen LogP contribution < -0.4 is 0 Å². The smallest absolute Gasteiger partial charge is 0.333 e. The monoisotopic (exact) mass is 538 g/mol. The van der Waals surface area contributed by atoms with Crippen LogP contribution in [0.15, 0.2) is 12.2 Å². The maximum absolute atomic E-state index is 13.0. The topological polar surface area (TPSA) is 52.6 Å². The molecule has 0 aliphatic carbocycles. The summed E-state index contributed by atoms with van der Waals surface area (Å²) in [7, 11) is -2.14. The van der Waals surface area contributed by atoms with Gasteiger partial charge in [-0.3, -0.25) is 4.79 Å². The fourth-order valence-electron chi connectivity index (χ4n) is 5.01. The zero-order chi connectivity index (χ0) is 27.6. The zero-order valence-corrected chi connectivity index (χ0v) is 26.3. The largest absolute Gasteiger partial charge is 0.519 e. The van der Waals surface area contributed by atoms with Crippen LogP contribution >= 0.6 is 0 Å². The molecule has 4 nitrogen and oxygen atoms in total. The second-order valence-corrected chi connectivity index (χ2v) is 15.3. The second kappa shape index (κ2) is 25.2. The Labute approximate surface area is 231 Å². The molecule has 0 aliphatic rings. The Morgan fingerprint density at radius 2 is 0.973 bits per heavy atom. The third-order valence-electron chi connectivity index (χ3n) is 7.40. The van der Waals surface area contributed by atoms with Gasteiger partial charge in [-0.05, 0) is 31.5 Å². The maximum atomic E-state index is 13.0. The van der Waals surface area contributed by atoms with Gasteiger partial charge in [-0.1, -0.05) is 143 Å². The summed E-state index contributed by atoms with van der Waals surface area (Å²) in [5, 5.41) is 0. The van der Waals surface area contributed by atoms with Crippen LogP contribution in [0, 0.1) is 0 Å². The minimum atomic E-state index is -2.14. The van der Waals surface area contributed by atoms with Gasteiger partial charge in [0.05, 0.1) is 6.61 Å². The molecule has 5 heteroatoms. The number of carbonyl (C=O) groups is 2. The van der Waals surface area contributed by atoms with Gasteiger partial charge in [0.2, 0.25) is 0 Å². The van der Waals surface area contributed by atoms with E-state index in [0.717, 1.165) is 18.1 Å². The first-order valence-corrected chi connectivity index (χ1v) is 18.5. The molecule has 0 unspecified atom stereocenters. The van der Waals surface area contributed by atoms with Gasteiger partial charge in [0.15, 0.2) is 0 Å². The van der Waals surface area contributed by atoms with Crippen LogP contribution in [-0.4, -0.2) is 26.9 Å². The Bertz CT molecular complexity index is 534. The van der Waals surface area contributed by atoms with Crippen molar-refractivity contribution in [3.05, 3.63) is 12.2 Å². The third kappa shape index (κ3) is 21.5. The number of unbranched alkanes of at least 4 members (excludes halogenated alkanes) is 15. The van der Waals surface area contributed by atoms with Crippen LogP contribution in [0.25, 0.3) is 0 Å². The van der Waals surface area contributed by atoms with Crippen molar-refractivity contribution in [2.75, 3.05) is 6.61 Å². The normalized spacial score (nSPS) is 11.5. The maximum Gasteiger partial charge on any atom is 0.333 e. The molecule has 0 saturated carbocycles. The minimum Gasteiger partial charge on any atom is -0.519 e. The van der Waals surface area contributed by atoms with Crippen molar-refractivity contribution in [3.8, 4) is 0 Å². The molecule has 0 fully saturated rings. The lowest BCUT2D eigenvalue weighted by Crippen LogP contribution is -2.40. The lowest BCUT2D eigenvalue weighted by Gasteiger charge is -2.32. The summed E-state index contributed by atoms with van der Waals surface area (Å²) in [6.45, 7) is 12.3. The highest BCUT2D eigenvalue weighted by Crippen LogP contribution is 2.32. The number of hydrogen-bond donors (Lipinski definition) is 0. The van der Waals surface area contributed by atoms with E-state index >= 15 is 0 Å². The molecular weight excluding hydrogens is 476 g/mol. The SMILES string of the molecule is C=C(C)C(=O)OCCCC(=O)O[Si](CCCCCCCC)(CCCCCCCC)CCCCCCCC. The molecule has 0 aliphatic heterocycles. The van der Waals surface area contributed by atoms with E-state index in [-0.39, 0.29) is 18.5 Å². The standard InChI is InChI=1S/C32H62O4Si/c1-6-9-12-15-18-21-27-37(28-22-19-16-13-10-7-2,29-23-20-17-14-11-8-3)36-31(33)25-24-26-35-32(34)30(4)5/h4,6-29H2,1-3,5H3. The Morgan fingerprint density at radius 3 is 1.35 bits per heavy atom. The molecule has 0 N–H and O–H groups in total. The fraction of sp³-hybridized carbons (Fsp3) is 0.875. The molecule has 0 spiro atoms. The van der Waals surface area contributed by atoms with E-state index in [0.29, 0.717) is 18.4 Å². The fourth-order valence-corrected chi connectivity index (χ4v) is 9.33. The average molecular weight is 539 g/mol. The predicted octanol–water partition coefficient (Wildman–Crippen LogP) is 10.5. The minimum absolute atomic E-state index is 0.0685. The van der Waals surface area contributed by atoms with Crippen LogP contribution in [0.2, 0.25) is 18.1 Å². The van der Waals surface area contributed by atoms with Gasteiger partial charge in [0.25, 0.3) is 14.3 Å². The van der Waals surface area contributed by atoms with Gasteiger partial charge in [-0.25, -0.2) is 4.79 Å². The number of ether oxygens (including phenoxy) is 1. The molecular formula is C32H62O4Si. The second-order valence-electron chi connectivity index (χ2n) is 11.2. The average Bonchev–Trinajstić information content (AvgIpc) is 2.88. The summed E-state index contributed by atoms with van der Waals surface area (Å²) in [5.74, 6) is -0.452. The number of hydrogen-bond acceptors (Lipinski definition) is 4. The van der Waals surface area contributed by atoms with Crippen molar-refractivity contribution < 1.29 is 18.8 Å². The van der Waals surface area contributed by atoms with Crippen LogP contribution in [0.1, 0.15) is 156 Å².